The van der Waals surface area contributed by atoms with Crippen LogP contribution in [-0.2, 0) is 4.79 Å². The van der Waals surface area contributed by atoms with E-state index in [0.29, 0.717) is 0 Å². The summed E-state index contributed by atoms with van der Waals surface area (Å²) in [7, 11) is 0. The molecule has 1 saturated heterocycles. The Morgan fingerprint density at radius 2 is 2.17 bits per heavy atom. The molecule has 6 heteroatoms. The average molecular weight is 269 g/mol. The number of halogens is 2. The summed E-state index contributed by atoms with van der Waals surface area (Å²) in [4.78, 5) is 24.2. The molecule has 1 fully saturated rings. The number of nitrogens with one attached hydrogen (secondary N) is 1. The first-order valence-electron chi connectivity index (χ1n) is 5.33. The Balaban J connectivity index is 2.41. The van der Waals surface area contributed by atoms with E-state index in [0.717, 1.165) is 4.90 Å². The molecule has 0 aromatic heterocycles. The van der Waals surface area contributed by atoms with Crippen LogP contribution >= 0.6 is 11.6 Å². The monoisotopic (exact) mass is 268 g/mol. The number of carbonyl (C=O) groups is 2. The lowest BCUT2D eigenvalue weighted by Gasteiger charge is -2.06. The zero-order valence-electron chi connectivity index (χ0n) is 9.54. The molecular formula is C12H10ClFN2O2. The summed E-state index contributed by atoms with van der Waals surface area (Å²) < 4.78 is 13.5. The molecule has 94 valence electrons. The van der Waals surface area contributed by atoms with Gasteiger partial charge in [0.1, 0.15) is 11.5 Å². The first-order chi connectivity index (χ1) is 8.54. The summed E-state index contributed by atoms with van der Waals surface area (Å²) in [5, 5.41) is 2.56. The molecule has 0 unspecified atom stereocenters. The van der Waals surface area contributed by atoms with Gasteiger partial charge in [-0.3, -0.25) is 9.69 Å². The van der Waals surface area contributed by atoms with Crippen molar-refractivity contribution in [1.29, 1.82) is 0 Å². The van der Waals surface area contributed by atoms with Gasteiger partial charge in [0.15, 0.2) is 0 Å². The number of amides is 3. The highest BCUT2D eigenvalue weighted by Gasteiger charge is 2.32. The summed E-state index contributed by atoms with van der Waals surface area (Å²) in [6.07, 6.45) is 1.24. The van der Waals surface area contributed by atoms with Gasteiger partial charge >= 0.3 is 6.03 Å². The number of urea groups is 1. The third-order valence-electron chi connectivity index (χ3n) is 2.57. The van der Waals surface area contributed by atoms with Gasteiger partial charge in [0.05, 0.1) is 5.02 Å². The predicted octanol–water partition coefficient (Wildman–Crippen LogP) is 2.39. The zero-order chi connectivity index (χ0) is 13.3. The fraction of sp³-hybridized carbons (Fsp3) is 0.167. The molecular weight excluding hydrogens is 259 g/mol. The second-order valence-corrected chi connectivity index (χ2v) is 4.08. The molecule has 1 aromatic carbocycles. The van der Waals surface area contributed by atoms with Crippen LogP contribution in [0.1, 0.15) is 12.5 Å². The molecule has 0 aliphatic carbocycles. The fourth-order valence-corrected chi connectivity index (χ4v) is 1.87. The summed E-state index contributed by atoms with van der Waals surface area (Å²) in [6, 6.07) is 3.70. The van der Waals surface area contributed by atoms with Gasteiger partial charge in [0.2, 0.25) is 0 Å². The Labute approximate surface area is 108 Å². The van der Waals surface area contributed by atoms with E-state index in [2.05, 4.69) is 5.32 Å². The van der Waals surface area contributed by atoms with Crippen molar-refractivity contribution in [2.75, 3.05) is 6.54 Å². The molecule has 0 atom stereocenters. The number of carbonyl (C=O) groups excluding carboxylic acids is 2. The van der Waals surface area contributed by atoms with Gasteiger partial charge in [-0.2, -0.15) is 0 Å². The Bertz CT molecular complexity index is 537. The van der Waals surface area contributed by atoms with E-state index >= 15 is 0 Å². The van der Waals surface area contributed by atoms with Crippen LogP contribution in [0.4, 0.5) is 9.18 Å². The maximum absolute atomic E-state index is 13.5. The van der Waals surface area contributed by atoms with Gasteiger partial charge in [-0.05, 0) is 25.1 Å². The van der Waals surface area contributed by atoms with Gasteiger partial charge < -0.3 is 5.32 Å². The number of rotatable bonds is 2. The molecule has 1 aliphatic rings. The van der Waals surface area contributed by atoms with Gasteiger partial charge in [0.25, 0.3) is 5.91 Å². The third kappa shape index (κ3) is 2.09. The molecule has 18 heavy (non-hydrogen) atoms. The Morgan fingerprint density at radius 1 is 1.44 bits per heavy atom. The molecule has 1 heterocycles. The topological polar surface area (TPSA) is 49.4 Å². The molecule has 1 N–H and O–H groups in total. The first kappa shape index (κ1) is 12.6. The third-order valence-corrected chi connectivity index (χ3v) is 2.90. The van der Waals surface area contributed by atoms with Crippen molar-refractivity contribution in [2.24, 2.45) is 0 Å². The summed E-state index contributed by atoms with van der Waals surface area (Å²) in [5.74, 6) is -1.03. The predicted molar refractivity (Wildman–Crippen MR) is 65.3 cm³/mol. The summed E-state index contributed by atoms with van der Waals surface area (Å²) >= 11 is 5.84. The molecule has 0 spiro atoms. The number of hydrogen-bond donors (Lipinski definition) is 1. The SMILES string of the molecule is CCN1C(=O)N/C(=C/c2c(F)cccc2Cl)C1=O. The van der Waals surface area contributed by atoms with Gasteiger partial charge in [-0.1, -0.05) is 17.7 Å². The quantitative estimate of drug-likeness (QED) is 0.661. The van der Waals surface area contributed by atoms with Crippen LogP contribution in [0.2, 0.25) is 5.02 Å². The number of nitrogens with zero attached hydrogens (tertiary/aromatic N) is 1. The van der Waals surface area contributed by atoms with E-state index < -0.39 is 17.8 Å². The number of hydrogen-bond acceptors (Lipinski definition) is 2. The number of benzene rings is 1. The van der Waals surface area contributed by atoms with Crippen molar-refractivity contribution in [1.82, 2.24) is 10.2 Å². The zero-order valence-corrected chi connectivity index (χ0v) is 10.3. The van der Waals surface area contributed by atoms with Gasteiger partial charge in [0, 0.05) is 12.1 Å². The normalized spacial score (nSPS) is 17.5. The summed E-state index contributed by atoms with van der Waals surface area (Å²) in [6.45, 7) is 1.93. The molecule has 0 radical (unpaired) electrons. The highest BCUT2D eigenvalue weighted by molar-refractivity contribution is 6.32. The molecule has 1 aliphatic heterocycles. The van der Waals surface area contributed by atoms with Crippen LogP contribution < -0.4 is 5.32 Å². The lowest BCUT2D eigenvalue weighted by molar-refractivity contribution is -0.122. The van der Waals surface area contributed by atoms with E-state index in [4.69, 9.17) is 11.6 Å². The highest BCUT2D eigenvalue weighted by Crippen LogP contribution is 2.23. The smallest absolute Gasteiger partial charge is 0.303 e. The first-order valence-corrected chi connectivity index (χ1v) is 5.71. The van der Waals surface area contributed by atoms with E-state index in [9.17, 15) is 14.0 Å². The van der Waals surface area contributed by atoms with Crippen LogP contribution in [0.15, 0.2) is 23.9 Å². The van der Waals surface area contributed by atoms with Crippen LogP contribution in [0, 0.1) is 5.82 Å². The minimum Gasteiger partial charge on any atom is -0.303 e. The Kier molecular flexibility index (Phi) is 3.34. The van der Waals surface area contributed by atoms with Crippen molar-refractivity contribution in [3.63, 3.8) is 0 Å². The molecule has 4 nitrogen and oxygen atoms in total. The largest absolute Gasteiger partial charge is 0.328 e. The van der Waals surface area contributed by atoms with Crippen LogP contribution in [0.5, 0.6) is 0 Å². The van der Waals surface area contributed by atoms with Gasteiger partial charge in [-0.25, -0.2) is 9.18 Å². The van der Waals surface area contributed by atoms with Crippen molar-refractivity contribution in [2.45, 2.75) is 6.92 Å². The maximum Gasteiger partial charge on any atom is 0.328 e. The second-order valence-electron chi connectivity index (χ2n) is 3.67. The van der Waals surface area contributed by atoms with Crippen molar-refractivity contribution in [3.05, 3.63) is 40.3 Å². The molecule has 1 aromatic rings. The van der Waals surface area contributed by atoms with E-state index in [-0.39, 0.29) is 22.8 Å². The standard InChI is InChI=1S/C12H10ClFN2O2/c1-2-16-11(17)10(15-12(16)18)6-7-8(13)4-3-5-9(7)14/h3-6H,2H2,1H3,(H,15,18)/b10-6+. The van der Waals surface area contributed by atoms with Crippen LogP contribution in [-0.4, -0.2) is 23.4 Å². The second kappa shape index (κ2) is 4.78. The number of likely N-dealkylation sites (N-methyl/N-ethyl adjacent to an activating group) is 1. The minimum atomic E-state index is -0.549. The van der Waals surface area contributed by atoms with Crippen LogP contribution in [0.25, 0.3) is 6.08 Å². The number of imide groups is 1. The van der Waals surface area contributed by atoms with Crippen molar-refractivity contribution in [3.8, 4) is 0 Å². The van der Waals surface area contributed by atoms with E-state index in [1.807, 2.05) is 0 Å². The summed E-state index contributed by atoms with van der Waals surface area (Å²) in [5.41, 5.74) is 0.106. The average Bonchev–Trinajstić information content (AvgIpc) is 2.59. The maximum atomic E-state index is 13.5. The van der Waals surface area contributed by atoms with Crippen molar-refractivity contribution < 1.29 is 14.0 Å². The van der Waals surface area contributed by atoms with Crippen molar-refractivity contribution >= 4 is 29.6 Å². The Morgan fingerprint density at radius 3 is 2.72 bits per heavy atom. The molecule has 2 rings (SSSR count). The van der Waals surface area contributed by atoms with Gasteiger partial charge in [-0.15, -0.1) is 0 Å². The minimum absolute atomic E-state index is 0.0221. The van der Waals surface area contributed by atoms with E-state index in [1.165, 1.54) is 24.3 Å². The molecule has 3 amide bonds. The Hall–Kier alpha value is -1.88. The lowest BCUT2D eigenvalue weighted by atomic mass is 10.1. The molecule has 0 saturated carbocycles. The molecule has 0 bridgehead atoms. The van der Waals surface area contributed by atoms with E-state index in [1.54, 1.807) is 6.92 Å². The lowest BCUT2D eigenvalue weighted by Crippen LogP contribution is -2.30. The van der Waals surface area contributed by atoms with Crippen LogP contribution in [0.3, 0.4) is 0 Å². The highest BCUT2D eigenvalue weighted by atomic mass is 35.5. The fourth-order valence-electron chi connectivity index (χ4n) is 1.65.